The molecular weight excluding hydrogens is 504 g/mol. The van der Waals surface area contributed by atoms with Crippen molar-refractivity contribution in [2.75, 3.05) is 25.2 Å². The van der Waals surface area contributed by atoms with Gasteiger partial charge in [-0.2, -0.15) is 0 Å². The number of carbonyl (C=O) groups is 1. The molecule has 1 heterocycles. The average molecular weight is 538 g/mol. The van der Waals surface area contributed by atoms with E-state index in [4.69, 9.17) is 9.47 Å². The molecule has 1 aliphatic heterocycles. The van der Waals surface area contributed by atoms with E-state index in [1.807, 2.05) is 72.9 Å². The third kappa shape index (κ3) is 5.75. The van der Waals surface area contributed by atoms with Crippen LogP contribution in [0, 0.1) is 5.41 Å². The van der Waals surface area contributed by atoms with Crippen molar-refractivity contribution in [2.45, 2.75) is 49.7 Å². The van der Waals surface area contributed by atoms with Crippen LogP contribution in [0.15, 0.2) is 59.1 Å². The van der Waals surface area contributed by atoms with E-state index in [2.05, 4.69) is 41.9 Å². The van der Waals surface area contributed by atoms with Crippen LogP contribution >= 0.6 is 39.5 Å². The molecule has 3 nitrogen and oxygen atoms in total. The minimum absolute atomic E-state index is 0.00895. The van der Waals surface area contributed by atoms with Crippen molar-refractivity contribution in [3.05, 3.63) is 70.2 Å². The van der Waals surface area contributed by atoms with Gasteiger partial charge in [-0.15, -0.1) is 23.5 Å². The number of rotatable bonds is 10. The van der Waals surface area contributed by atoms with Crippen molar-refractivity contribution in [1.82, 2.24) is 0 Å². The Hall–Kier alpha value is -0.950. The molecule has 0 spiro atoms. The molecule has 0 amide bonds. The van der Waals surface area contributed by atoms with Crippen LogP contribution in [0.1, 0.15) is 44.7 Å². The van der Waals surface area contributed by atoms with Gasteiger partial charge in [-0.1, -0.05) is 72.2 Å². The van der Waals surface area contributed by atoms with Gasteiger partial charge in [0.2, 0.25) is 0 Å². The Balaban J connectivity index is 1.76. The molecule has 1 unspecified atom stereocenters. The maximum Gasteiger partial charge on any atom is 0.315 e. The highest BCUT2D eigenvalue weighted by Crippen LogP contribution is 2.58. The summed E-state index contributed by atoms with van der Waals surface area (Å²) in [6, 6.07) is 18.3. The summed E-state index contributed by atoms with van der Waals surface area (Å²) in [7, 11) is 1.48. The smallest absolute Gasteiger partial charge is 0.315 e. The molecule has 2 aromatic rings. The molecule has 3 rings (SSSR count). The number of thioether (sulfide) groups is 2. The monoisotopic (exact) mass is 536 g/mol. The molecule has 0 N–H and O–H groups in total. The molecule has 0 aliphatic carbocycles. The number of ether oxygens (including phenoxy) is 2. The van der Waals surface area contributed by atoms with E-state index in [-0.39, 0.29) is 15.5 Å². The molecule has 1 fully saturated rings. The summed E-state index contributed by atoms with van der Waals surface area (Å²) < 4.78 is 12.4. The Kier molecular flexibility index (Phi) is 8.81. The summed E-state index contributed by atoms with van der Waals surface area (Å²) in [5.74, 6) is 2.06. The number of esters is 1. The van der Waals surface area contributed by atoms with Crippen molar-refractivity contribution in [1.29, 1.82) is 0 Å². The lowest BCUT2D eigenvalue weighted by atomic mass is 9.75. The Morgan fingerprint density at radius 2 is 1.75 bits per heavy atom. The van der Waals surface area contributed by atoms with Crippen LogP contribution in [-0.4, -0.2) is 35.3 Å². The first-order valence-electron chi connectivity index (χ1n) is 11.0. The predicted molar refractivity (Wildman–Crippen MR) is 140 cm³/mol. The Morgan fingerprint density at radius 3 is 2.38 bits per heavy atom. The zero-order chi connectivity index (χ0) is 23.2. The van der Waals surface area contributed by atoms with Crippen LogP contribution in [-0.2, 0) is 26.3 Å². The van der Waals surface area contributed by atoms with Gasteiger partial charge in [0.15, 0.2) is 0 Å². The third-order valence-electron chi connectivity index (χ3n) is 6.41. The standard InChI is InChI=1S/C26H33BrO3S2/c1-24(2,19-30-18-20-9-6-5-7-10-20)26(31-15-16-32-26)14-13-25(3,23(28)29-4)21-11-8-12-22(27)17-21/h5-12,17H,13-16,18-19H2,1-4H3. The highest BCUT2D eigenvalue weighted by molar-refractivity contribution is 9.10. The second-order valence-electron chi connectivity index (χ2n) is 9.15. The summed E-state index contributed by atoms with van der Waals surface area (Å²) in [6.45, 7) is 7.91. The van der Waals surface area contributed by atoms with Gasteiger partial charge in [0.1, 0.15) is 0 Å². The van der Waals surface area contributed by atoms with E-state index in [0.717, 1.165) is 34.4 Å². The van der Waals surface area contributed by atoms with Crippen LogP contribution in [0.25, 0.3) is 0 Å². The number of benzene rings is 2. The zero-order valence-corrected chi connectivity index (χ0v) is 22.6. The fraction of sp³-hybridized carbons (Fsp3) is 0.500. The lowest BCUT2D eigenvalue weighted by Gasteiger charge is -2.44. The maximum atomic E-state index is 13.0. The normalized spacial score (nSPS) is 17.7. The fourth-order valence-electron chi connectivity index (χ4n) is 4.27. The topological polar surface area (TPSA) is 35.5 Å². The predicted octanol–water partition coefficient (Wildman–Crippen LogP) is 7.08. The number of hydrogen-bond donors (Lipinski definition) is 0. The minimum Gasteiger partial charge on any atom is -0.468 e. The molecule has 6 heteroatoms. The molecule has 2 aromatic carbocycles. The second-order valence-corrected chi connectivity index (χ2v) is 13.1. The van der Waals surface area contributed by atoms with E-state index in [9.17, 15) is 4.79 Å². The van der Waals surface area contributed by atoms with Gasteiger partial charge in [0.25, 0.3) is 0 Å². The van der Waals surface area contributed by atoms with Crippen molar-refractivity contribution >= 4 is 45.4 Å². The molecule has 1 aliphatic rings. The first kappa shape index (κ1) is 25.7. The first-order chi connectivity index (χ1) is 15.2. The van der Waals surface area contributed by atoms with Crippen LogP contribution in [0.2, 0.25) is 0 Å². The first-order valence-corrected chi connectivity index (χ1v) is 13.7. The molecule has 0 saturated carbocycles. The van der Waals surface area contributed by atoms with Crippen LogP contribution in [0.4, 0.5) is 0 Å². The van der Waals surface area contributed by atoms with Crippen molar-refractivity contribution in [2.24, 2.45) is 5.41 Å². The minimum atomic E-state index is -0.698. The molecule has 1 atom stereocenters. The number of hydrogen-bond acceptors (Lipinski definition) is 5. The summed E-state index contributed by atoms with van der Waals surface area (Å²) in [6.07, 6.45) is 1.63. The third-order valence-corrected chi connectivity index (χ3v) is 11.1. The van der Waals surface area contributed by atoms with E-state index in [1.54, 1.807) is 0 Å². The van der Waals surface area contributed by atoms with Crippen molar-refractivity contribution in [3.8, 4) is 0 Å². The SMILES string of the molecule is COC(=O)C(C)(CCC1(C(C)(C)COCc2ccccc2)SCCS1)c1cccc(Br)c1. The molecule has 0 bridgehead atoms. The molecule has 1 saturated heterocycles. The number of carbonyl (C=O) groups excluding carboxylic acids is 1. The zero-order valence-electron chi connectivity index (χ0n) is 19.4. The second kappa shape index (κ2) is 11.0. The Morgan fingerprint density at radius 1 is 1.06 bits per heavy atom. The molecule has 0 aromatic heterocycles. The Bertz CT molecular complexity index is 897. The molecule has 0 radical (unpaired) electrons. The van der Waals surface area contributed by atoms with Crippen molar-refractivity contribution < 1.29 is 14.3 Å². The summed E-state index contributed by atoms with van der Waals surface area (Å²) in [5.41, 5.74) is 1.43. The van der Waals surface area contributed by atoms with E-state index in [1.165, 1.54) is 12.7 Å². The Labute approximate surface area is 209 Å². The fourth-order valence-corrected chi connectivity index (χ4v) is 8.22. The van der Waals surface area contributed by atoms with Gasteiger partial charge in [-0.05, 0) is 43.0 Å². The van der Waals surface area contributed by atoms with Gasteiger partial charge in [0.05, 0.1) is 29.8 Å². The highest BCUT2D eigenvalue weighted by Gasteiger charge is 2.50. The number of methoxy groups -OCH3 is 1. The molecule has 174 valence electrons. The van der Waals surface area contributed by atoms with Gasteiger partial charge >= 0.3 is 5.97 Å². The van der Waals surface area contributed by atoms with Crippen LogP contribution < -0.4 is 0 Å². The van der Waals surface area contributed by atoms with Crippen LogP contribution in [0.3, 0.4) is 0 Å². The summed E-state index contributed by atoms with van der Waals surface area (Å²) in [4.78, 5) is 13.0. The van der Waals surface area contributed by atoms with Gasteiger partial charge in [-0.25, -0.2) is 0 Å². The largest absolute Gasteiger partial charge is 0.468 e. The van der Waals surface area contributed by atoms with Gasteiger partial charge in [-0.3, -0.25) is 4.79 Å². The van der Waals surface area contributed by atoms with Crippen LogP contribution in [0.5, 0.6) is 0 Å². The molecular formula is C26H33BrO3S2. The van der Waals surface area contributed by atoms with Crippen molar-refractivity contribution in [3.63, 3.8) is 0 Å². The number of halogens is 1. The van der Waals surface area contributed by atoms with E-state index in [0.29, 0.717) is 13.2 Å². The van der Waals surface area contributed by atoms with Gasteiger partial charge in [0, 0.05) is 21.4 Å². The maximum absolute atomic E-state index is 13.0. The lowest BCUT2D eigenvalue weighted by molar-refractivity contribution is -0.147. The summed E-state index contributed by atoms with van der Waals surface area (Å²) in [5, 5.41) is 0. The lowest BCUT2D eigenvalue weighted by Crippen LogP contribution is -2.43. The average Bonchev–Trinajstić information content (AvgIpc) is 3.28. The van der Waals surface area contributed by atoms with Gasteiger partial charge < -0.3 is 9.47 Å². The molecule has 32 heavy (non-hydrogen) atoms. The highest BCUT2D eigenvalue weighted by atomic mass is 79.9. The van der Waals surface area contributed by atoms with E-state index < -0.39 is 5.41 Å². The quantitative estimate of drug-likeness (QED) is 0.303. The summed E-state index contributed by atoms with van der Waals surface area (Å²) >= 11 is 7.60. The van der Waals surface area contributed by atoms with E-state index >= 15 is 0 Å².